The zero-order valence-electron chi connectivity index (χ0n) is 11.2. The van der Waals surface area contributed by atoms with Gasteiger partial charge in [0.1, 0.15) is 0 Å². The van der Waals surface area contributed by atoms with Crippen LogP contribution >= 0.6 is 0 Å². The van der Waals surface area contributed by atoms with Gasteiger partial charge in [-0.1, -0.05) is 36.4 Å². The zero-order chi connectivity index (χ0) is 14.0. The average Bonchev–Trinajstić information content (AvgIpc) is 3.09. The molecule has 21 heavy (non-hydrogen) atoms. The van der Waals surface area contributed by atoms with Gasteiger partial charge in [-0.05, 0) is 41.3 Å². The van der Waals surface area contributed by atoms with Crippen LogP contribution in [0, 0.1) is 0 Å². The lowest BCUT2D eigenvalue weighted by molar-refractivity contribution is 1.36. The molecule has 0 radical (unpaired) electrons. The normalized spacial score (nSPS) is 12.0. The summed E-state index contributed by atoms with van der Waals surface area (Å²) in [6.45, 7) is 0. The molecule has 0 saturated heterocycles. The number of pyridine rings is 1. The lowest BCUT2D eigenvalue weighted by atomic mass is 10.0. The number of hydrogen-bond donors (Lipinski definition) is 0. The number of rotatable bonds is 1. The monoisotopic (exact) mass is 269 g/mol. The zero-order valence-corrected chi connectivity index (χ0v) is 11.2. The van der Waals surface area contributed by atoms with Crippen LogP contribution in [0.25, 0.3) is 38.4 Å². The largest absolute Gasteiger partial charge is 0.308 e. The van der Waals surface area contributed by atoms with Crippen molar-refractivity contribution in [3.63, 3.8) is 0 Å². The van der Waals surface area contributed by atoms with E-state index in [0.717, 1.165) is 38.4 Å². The molecule has 5 rings (SSSR count). The Labute approximate surface area is 120 Å². The second kappa shape index (κ2) is 3.61. The molecule has 2 aromatic carbocycles. The van der Waals surface area contributed by atoms with Gasteiger partial charge in [0.05, 0.1) is 16.4 Å². The van der Waals surface area contributed by atoms with E-state index in [-0.39, 0.29) is 5.43 Å². The van der Waals surface area contributed by atoms with Crippen molar-refractivity contribution in [1.29, 1.82) is 0 Å². The Hall–Kier alpha value is -2.87. The quantitative estimate of drug-likeness (QED) is 0.448. The van der Waals surface area contributed by atoms with Crippen molar-refractivity contribution in [1.82, 2.24) is 4.40 Å². The summed E-state index contributed by atoms with van der Waals surface area (Å²) >= 11 is 0. The van der Waals surface area contributed by atoms with E-state index in [4.69, 9.17) is 0 Å². The summed E-state index contributed by atoms with van der Waals surface area (Å²) in [4.78, 5) is 12.5. The Morgan fingerprint density at radius 3 is 2.38 bits per heavy atom. The van der Waals surface area contributed by atoms with Gasteiger partial charge in [0, 0.05) is 11.1 Å². The SMILES string of the molecule is O=c1ccc2ccc3ccc4c(-c5ccccc5)c1c2n34. The van der Waals surface area contributed by atoms with E-state index in [1.165, 1.54) is 0 Å². The first-order chi connectivity index (χ1) is 10.3. The fourth-order valence-corrected chi connectivity index (χ4v) is 3.43. The van der Waals surface area contributed by atoms with E-state index >= 15 is 0 Å². The van der Waals surface area contributed by atoms with Crippen molar-refractivity contribution in [3.05, 3.63) is 77.0 Å². The first-order valence-electron chi connectivity index (χ1n) is 7.02. The standard InChI is InChI=1S/C19H11NO/c21-16-11-7-13-6-8-14-9-10-15-17(12-4-2-1-3-5-12)18(16)19(13)20(14)15/h1-11H. The summed E-state index contributed by atoms with van der Waals surface area (Å²) in [5.74, 6) is 0. The van der Waals surface area contributed by atoms with Crippen molar-refractivity contribution in [2.24, 2.45) is 0 Å². The number of hydrogen-bond acceptors (Lipinski definition) is 1. The van der Waals surface area contributed by atoms with E-state index in [9.17, 15) is 4.79 Å². The van der Waals surface area contributed by atoms with Crippen LogP contribution in [0.5, 0.6) is 0 Å². The predicted octanol–water partition coefficient (Wildman–Crippen LogP) is 4.15. The van der Waals surface area contributed by atoms with Gasteiger partial charge in [0.25, 0.3) is 0 Å². The van der Waals surface area contributed by atoms with Crippen LogP contribution in [0.15, 0.2) is 71.5 Å². The van der Waals surface area contributed by atoms with Crippen molar-refractivity contribution in [2.45, 2.75) is 0 Å². The fourth-order valence-electron chi connectivity index (χ4n) is 3.43. The van der Waals surface area contributed by atoms with E-state index < -0.39 is 0 Å². The third kappa shape index (κ3) is 1.24. The first kappa shape index (κ1) is 10.9. The van der Waals surface area contributed by atoms with Gasteiger partial charge in [0.2, 0.25) is 0 Å². The summed E-state index contributed by atoms with van der Waals surface area (Å²) in [6.07, 6.45) is 0. The maximum absolute atomic E-state index is 12.5. The maximum Gasteiger partial charge on any atom is 0.188 e. The van der Waals surface area contributed by atoms with Gasteiger partial charge in [-0.25, -0.2) is 0 Å². The van der Waals surface area contributed by atoms with E-state index in [1.807, 2.05) is 24.3 Å². The lowest BCUT2D eigenvalue weighted by Gasteiger charge is -2.01. The molecule has 2 heteroatoms. The minimum absolute atomic E-state index is 0.0950. The van der Waals surface area contributed by atoms with Crippen LogP contribution in [0.1, 0.15) is 0 Å². The number of nitrogens with zero attached hydrogens (tertiary/aromatic N) is 1. The molecule has 0 aliphatic rings. The highest BCUT2D eigenvalue weighted by Crippen LogP contribution is 2.38. The molecule has 0 atom stereocenters. The minimum Gasteiger partial charge on any atom is -0.308 e. The van der Waals surface area contributed by atoms with Crippen LogP contribution in [0.2, 0.25) is 0 Å². The highest BCUT2D eigenvalue weighted by Gasteiger charge is 2.19. The molecule has 3 heterocycles. The number of aromatic nitrogens is 1. The molecule has 3 aromatic heterocycles. The van der Waals surface area contributed by atoms with Crippen molar-refractivity contribution >= 4 is 27.3 Å². The Kier molecular flexibility index (Phi) is 1.87. The van der Waals surface area contributed by atoms with Gasteiger partial charge >= 0.3 is 0 Å². The molecule has 0 unspecified atom stereocenters. The highest BCUT2D eigenvalue weighted by atomic mass is 16.1. The predicted molar refractivity (Wildman–Crippen MR) is 86.5 cm³/mol. The molecule has 5 aromatic rings. The maximum atomic E-state index is 12.5. The Morgan fingerprint density at radius 1 is 0.762 bits per heavy atom. The smallest absolute Gasteiger partial charge is 0.188 e. The van der Waals surface area contributed by atoms with Crippen LogP contribution in [-0.2, 0) is 0 Å². The summed E-state index contributed by atoms with van der Waals surface area (Å²) in [7, 11) is 0. The highest BCUT2D eigenvalue weighted by molar-refractivity contribution is 6.13. The molecule has 0 N–H and O–H groups in total. The van der Waals surface area contributed by atoms with Crippen LogP contribution < -0.4 is 5.43 Å². The minimum atomic E-state index is 0.0950. The third-order valence-corrected chi connectivity index (χ3v) is 4.31. The van der Waals surface area contributed by atoms with Crippen LogP contribution in [0.3, 0.4) is 0 Å². The summed E-state index contributed by atoms with van der Waals surface area (Å²) in [6, 6.07) is 22.2. The van der Waals surface area contributed by atoms with Crippen molar-refractivity contribution in [2.75, 3.05) is 0 Å². The lowest BCUT2D eigenvalue weighted by Crippen LogP contribution is -1.99. The van der Waals surface area contributed by atoms with Gasteiger partial charge in [-0.15, -0.1) is 0 Å². The molecule has 0 aliphatic heterocycles. The van der Waals surface area contributed by atoms with Crippen LogP contribution in [-0.4, -0.2) is 4.40 Å². The Balaban J connectivity index is 2.16. The van der Waals surface area contributed by atoms with Crippen molar-refractivity contribution < 1.29 is 0 Å². The molecule has 98 valence electrons. The molecular weight excluding hydrogens is 258 g/mol. The Bertz CT molecular complexity index is 1140. The fraction of sp³-hybridized carbons (Fsp3) is 0. The molecule has 0 fully saturated rings. The average molecular weight is 269 g/mol. The van der Waals surface area contributed by atoms with E-state index in [0.29, 0.717) is 0 Å². The molecule has 0 saturated carbocycles. The van der Waals surface area contributed by atoms with Crippen molar-refractivity contribution in [3.8, 4) is 11.1 Å². The van der Waals surface area contributed by atoms with Crippen LogP contribution in [0.4, 0.5) is 0 Å². The first-order valence-corrected chi connectivity index (χ1v) is 7.02. The van der Waals surface area contributed by atoms with Gasteiger partial charge in [-0.2, -0.15) is 0 Å². The van der Waals surface area contributed by atoms with Gasteiger partial charge in [0.15, 0.2) is 5.43 Å². The summed E-state index contributed by atoms with van der Waals surface area (Å²) in [5.41, 5.74) is 5.53. The second-order valence-corrected chi connectivity index (χ2v) is 5.43. The van der Waals surface area contributed by atoms with E-state index in [2.05, 4.69) is 40.8 Å². The third-order valence-electron chi connectivity index (χ3n) is 4.31. The second-order valence-electron chi connectivity index (χ2n) is 5.43. The molecular formula is C19H11NO. The topological polar surface area (TPSA) is 21.5 Å². The molecule has 0 spiro atoms. The van der Waals surface area contributed by atoms with Gasteiger partial charge in [-0.3, -0.25) is 4.79 Å². The number of benzene rings is 2. The summed E-state index contributed by atoms with van der Waals surface area (Å²) < 4.78 is 2.20. The molecule has 0 aliphatic carbocycles. The molecule has 0 bridgehead atoms. The van der Waals surface area contributed by atoms with E-state index in [1.54, 1.807) is 6.07 Å². The Morgan fingerprint density at radius 2 is 1.52 bits per heavy atom. The molecule has 2 nitrogen and oxygen atoms in total. The summed E-state index contributed by atoms with van der Waals surface area (Å²) in [5, 5.41) is 1.94. The molecule has 0 amide bonds. The van der Waals surface area contributed by atoms with Gasteiger partial charge < -0.3 is 4.40 Å².